The van der Waals surface area contributed by atoms with Crippen LogP contribution in [0, 0.1) is 6.92 Å². The largest absolute Gasteiger partial charge is 0.493 e. The standard InChI is InChI=1S/C22H24N4O3S/c1-5-12-26-21(16-8-11-18(28-3)19(13-16)29-4)24-25-22(26)30-14-20(27)23-17-9-6-15(2)7-10-17/h5-11,13H,1,12,14H2,2-4H3,(H,23,27). The minimum atomic E-state index is -0.107. The van der Waals surface area contributed by atoms with Gasteiger partial charge in [-0.25, -0.2) is 0 Å². The van der Waals surface area contributed by atoms with Crippen LogP contribution in [0.25, 0.3) is 11.4 Å². The molecule has 0 aliphatic rings. The van der Waals surface area contributed by atoms with Gasteiger partial charge in [-0.05, 0) is 37.3 Å². The van der Waals surface area contributed by atoms with Crippen molar-refractivity contribution in [2.75, 3.05) is 25.3 Å². The van der Waals surface area contributed by atoms with E-state index in [2.05, 4.69) is 22.1 Å². The van der Waals surface area contributed by atoms with Crippen molar-refractivity contribution in [2.24, 2.45) is 0 Å². The molecular formula is C22H24N4O3S. The van der Waals surface area contributed by atoms with Crippen molar-refractivity contribution in [1.29, 1.82) is 0 Å². The number of aromatic nitrogens is 3. The monoisotopic (exact) mass is 424 g/mol. The maximum Gasteiger partial charge on any atom is 0.234 e. The Bertz CT molecular complexity index is 1030. The fraction of sp³-hybridized carbons (Fsp3) is 0.227. The lowest BCUT2D eigenvalue weighted by Crippen LogP contribution is -2.14. The summed E-state index contributed by atoms with van der Waals surface area (Å²) in [6.45, 7) is 6.34. The third-order valence-electron chi connectivity index (χ3n) is 4.34. The second-order valence-corrected chi connectivity index (χ2v) is 7.42. The Kier molecular flexibility index (Phi) is 7.13. The number of carbonyl (C=O) groups excluding carboxylic acids is 1. The van der Waals surface area contributed by atoms with Gasteiger partial charge in [-0.1, -0.05) is 35.5 Å². The molecule has 3 rings (SSSR count). The Labute approximate surface area is 180 Å². The Morgan fingerprint density at radius 1 is 1.13 bits per heavy atom. The predicted octanol–water partition coefficient (Wildman–Crippen LogP) is 4.19. The van der Waals surface area contributed by atoms with Crippen LogP contribution in [-0.2, 0) is 11.3 Å². The minimum absolute atomic E-state index is 0.107. The fourth-order valence-corrected chi connectivity index (χ4v) is 3.59. The second-order valence-electron chi connectivity index (χ2n) is 6.48. The number of carbonyl (C=O) groups is 1. The number of ether oxygens (including phenoxy) is 2. The molecule has 1 aromatic heterocycles. The number of thioether (sulfide) groups is 1. The van der Waals surface area contributed by atoms with Crippen molar-refractivity contribution in [3.8, 4) is 22.9 Å². The van der Waals surface area contributed by atoms with Crippen LogP contribution in [-0.4, -0.2) is 40.6 Å². The molecule has 30 heavy (non-hydrogen) atoms. The molecule has 2 aromatic carbocycles. The predicted molar refractivity (Wildman–Crippen MR) is 119 cm³/mol. The summed E-state index contributed by atoms with van der Waals surface area (Å²) in [5.41, 5.74) is 2.74. The van der Waals surface area contributed by atoms with Crippen molar-refractivity contribution in [3.63, 3.8) is 0 Å². The van der Waals surface area contributed by atoms with Gasteiger partial charge < -0.3 is 14.8 Å². The van der Waals surface area contributed by atoms with Crippen molar-refractivity contribution in [1.82, 2.24) is 14.8 Å². The molecule has 0 bridgehead atoms. The third kappa shape index (κ3) is 5.01. The number of nitrogens with one attached hydrogen (secondary N) is 1. The third-order valence-corrected chi connectivity index (χ3v) is 5.30. The van der Waals surface area contributed by atoms with Gasteiger partial charge in [0.2, 0.25) is 5.91 Å². The summed E-state index contributed by atoms with van der Waals surface area (Å²) < 4.78 is 12.6. The van der Waals surface area contributed by atoms with Crippen LogP contribution in [0.3, 0.4) is 0 Å². The fourth-order valence-electron chi connectivity index (χ4n) is 2.84. The molecule has 0 saturated heterocycles. The van der Waals surface area contributed by atoms with Crippen LogP contribution in [0.15, 0.2) is 60.3 Å². The van der Waals surface area contributed by atoms with E-state index in [1.165, 1.54) is 11.8 Å². The Morgan fingerprint density at radius 2 is 1.87 bits per heavy atom. The average molecular weight is 425 g/mol. The van der Waals surface area contributed by atoms with Crippen molar-refractivity contribution in [2.45, 2.75) is 18.6 Å². The smallest absolute Gasteiger partial charge is 0.234 e. The molecule has 1 N–H and O–H groups in total. The van der Waals surface area contributed by atoms with Gasteiger partial charge in [0.25, 0.3) is 0 Å². The van der Waals surface area contributed by atoms with Crippen LogP contribution >= 0.6 is 11.8 Å². The normalized spacial score (nSPS) is 10.5. The second kappa shape index (κ2) is 9.98. The molecule has 0 spiro atoms. The SMILES string of the molecule is C=CCn1c(SCC(=O)Nc2ccc(C)cc2)nnc1-c1ccc(OC)c(OC)c1. The number of aryl methyl sites for hydroxylation is 1. The maximum absolute atomic E-state index is 12.3. The van der Waals surface area contributed by atoms with E-state index in [0.717, 1.165) is 16.8 Å². The summed E-state index contributed by atoms with van der Waals surface area (Å²) in [4.78, 5) is 12.3. The van der Waals surface area contributed by atoms with Crippen LogP contribution in [0.2, 0.25) is 0 Å². The number of rotatable bonds is 9. The van der Waals surface area contributed by atoms with Gasteiger partial charge >= 0.3 is 0 Å². The molecule has 3 aromatic rings. The first-order chi connectivity index (χ1) is 14.5. The number of amides is 1. The zero-order valence-electron chi connectivity index (χ0n) is 17.2. The molecule has 0 unspecified atom stereocenters. The highest BCUT2D eigenvalue weighted by Gasteiger charge is 2.17. The van der Waals surface area contributed by atoms with Crippen LogP contribution < -0.4 is 14.8 Å². The van der Waals surface area contributed by atoms with E-state index < -0.39 is 0 Å². The summed E-state index contributed by atoms with van der Waals surface area (Å²) in [6.07, 6.45) is 1.77. The minimum Gasteiger partial charge on any atom is -0.493 e. The topological polar surface area (TPSA) is 78.3 Å². The molecule has 0 atom stereocenters. The molecular weight excluding hydrogens is 400 g/mol. The van der Waals surface area contributed by atoms with Gasteiger partial charge in [0.1, 0.15) is 0 Å². The van der Waals surface area contributed by atoms with Gasteiger partial charge in [0.05, 0.1) is 20.0 Å². The first-order valence-electron chi connectivity index (χ1n) is 9.31. The lowest BCUT2D eigenvalue weighted by Gasteiger charge is -2.11. The Hall–Kier alpha value is -3.26. The van der Waals surface area contributed by atoms with Gasteiger partial charge in [-0.2, -0.15) is 0 Å². The van der Waals surface area contributed by atoms with E-state index in [1.807, 2.05) is 54.0 Å². The van der Waals surface area contributed by atoms with Gasteiger partial charge in [-0.3, -0.25) is 9.36 Å². The lowest BCUT2D eigenvalue weighted by atomic mass is 10.2. The summed E-state index contributed by atoms with van der Waals surface area (Å²) >= 11 is 1.32. The van der Waals surface area contributed by atoms with E-state index in [9.17, 15) is 4.79 Å². The van der Waals surface area contributed by atoms with Crippen molar-refractivity contribution >= 4 is 23.4 Å². The highest BCUT2D eigenvalue weighted by atomic mass is 32.2. The molecule has 0 aliphatic heterocycles. The number of anilines is 1. The molecule has 7 nitrogen and oxygen atoms in total. The van der Waals surface area contributed by atoms with E-state index in [4.69, 9.17) is 9.47 Å². The molecule has 0 saturated carbocycles. The van der Waals surface area contributed by atoms with E-state index in [-0.39, 0.29) is 11.7 Å². The maximum atomic E-state index is 12.3. The first-order valence-corrected chi connectivity index (χ1v) is 10.3. The molecule has 156 valence electrons. The molecule has 1 heterocycles. The number of benzene rings is 2. The lowest BCUT2D eigenvalue weighted by molar-refractivity contribution is -0.113. The van der Waals surface area contributed by atoms with Gasteiger partial charge in [0, 0.05) is 17.8 Å². The number of allylic oxidation sites excluding steroid dienone is 1. The molecule has 0 radical (unpaired) electrons. The van der Waals surface area contributed by atoms with Crippen LogP contribution in [0.5, 0.6) is 11.5 Å². The highest BCUT2D eigenvalue weighted by molar-refractivity contribution is 7.99. The average Bonchev–Trinajstić information content (AvgIpc) is 3.16. The first kappa shape index (κ1) is 21.4. The summed E-state index contributed by atoms with van der Waals surface area (Å²) in [5.74, 6) is 2.02. The van der Waals surface area contributed by atoms with Crippen LogP contribution in [0.1, 0.15) is 5.56 Å². The van der Waals surface area contributed by atoms with Gasteiger partial charge in [-0.15, -0.1) is 16.8 Å². The number of hydrogen-bond donors (Lipinski definition) is 1. The Morgan fingerprint density at radius 3 is 2.53 bits per heavy atom. The summed E-state index contributed by atoms with van der Waals surface area (Å²) in [5, 5.41) is 12.1. The highest BCUT2D eigenvalue weighted by Crippen LogP contribution is 2.33. The van der Waals surface area contributed by atoms with Crippen molar-refractivity contribution < 1.29 is 14.3 Å². The zero-order chi connectivity index (χ0) is 21.5. The van der Waals surface area contributed by atoms with E-state index in [0.29, 0.717) is 29.0 Å². The number of hydrogen-bond acceptors (Lipinski definition) is 6. The number of methoxy groups -OCH3 is 2. The number of nitrogens with zero attached hydrogens (tertiary/aromatic N) is 3. The molecule has 0 aliphatic carbocycles. The quantitative estimate of drug-likeness (QED) is 0.410. The summed E-state index contributed by atoms with van der Waals surface area (Å²) in [7, 11) is 3.18. The molecule has 0 fully saturated rings. The van der Waals surface area contributed by atoms with E-state index in [1.54, 1.807) is 20.3 Å². The Balaban J connectivity index is 1.76. The van der Waals surface area contributed by atoms with Gasteiger partial charge in [0.15, 0.2) is 22.5 Å². The van der Waals surface area contributed by atoms with E-state index >= 15 is 0 Å². The van der Waals surface area contributed by atoms with Crippen LogP contribution in [0.4, 0.5) is 5.69 Å². The zero-order valence-corrected chi connectivity index (χ0v) is 18.0. The molecule has 1 amide bonds. The van der Waals surface area contributed by atoms with Crippen molar-refractivity contribution in [3.05, 3.63) is 60.7 Å². The summed E-state index contributed by atoms with van der Waals surface area (Å²) in [6, 6.07) is 13.2. The molecule has 8 heteroatoms.